The summed E-state index contributed by atoms with van der Waals surface area (Å²) in [7, 11) is 0. The molecule has 0 amide bonds. The Morgan fingerprint density at radius 2 is 2.03 bits per heavy atom. The maximum absolute atomic E-state index is 14.3. The Balaban J connectivity index is 1.89. The fraction of sp³-hybridized carbons (Fsp3) is 0.409. The highest BCUT2D eigenvalue weighted by Crippen LogP contribution is 2.35. The Morgan fingerprint density at radius 3 is 2.62 bits per heavy atom. The van der Waals surface area contributed by atoms with Crippen LogP contribution >= 0.6 is 34.5 Å². The first-order valence-electron chi connectivity index (χ1n) is 10.1. The Kier molecular flexibility index (Phi) is 7.92. The standard InChI is InChI=1S/C22H24Cl2FN3O3S/c1-12(2)8-27-21(20-18(24)13(3)11-32-20)26-28(22(27)31)9-15(30)7-14(10-29)16-5-4-6-17(23)19(16)25/h4-6,11-12,14,29H,7-10H2,1-3H3. The van der Waals surface area contributed by atoms with Gasteiger partial charge in [0.2, 0.25) is 0 Å². The fourth-order valence-corrected chi connectivity index (χ4v) is 4.89. The minimum atomic E-state index is -0.775. The molecule has 0 aliphatic heterocycles. The Labute approximate surface area is 199 Å². The van der Waals surface area contributed by atoms with E-state index in [-0.39, 0.29) is 35.3 Å². The third-order valence-corrected chi connectivity index (χ3v) is 7.00. The normalized spacial score (nSPS) is 12.5. The number of hydrogen-bond donors (Lipinski definition) is 1. The molecule has 3 aromatic rings. The lowest BCUT2D eigenvalue weighted by Crippen LogP contribution is -2.29. The number of hydrogen-bond acceptors (Lipinski definition) is 5. The lowest BCUT2D eigenvalue weighted by Gasteiger charge is -2.15. The van der Waals surface area contributed by atoms with Crippen molar-refractivity contribution in [2.24, 2.45) is 5.92 Å². The first kappa shape index (κ1) is 24.6. The van der Waals surface area contributed by atoms with Crippen molar-refractivity contribution in [3.05, 3.63) is 61.1 Å². The van der Waals surface area contributed by atoms with Gasteiger partial charge in [0.25, 0.3) is 0 Å². The zero-order chi connectivity index (χ0) is 23.6. The Hall–Kier alpha value is -2.00. The summed E-state index contributed by atoms with van der Waals surface area (Å²) in [5.74, 6) is -1.21. The van der Waals surface area contributed by atoms with Crippen LogP contribution in [0.5, 0.6) is 0 Å². The highest BCUT2D eigenvalue weighted by molar-refractivity contribution is 7.14. The van der Waals surface area contributed by atoms with Crippen molar-refractivity contribution in [1.82, 2.24) is 14.3 Å². The second-order valence-corrected chi connectivity index (χ2v) is 9.76. The van der Waals surface area contributed by atoms with Gasteiger partial charge in [0, 0.05) is 18.9 Å². The fourth-order valence-electron chi connectivity index (χ4n) is 3.44. The average Bonchev–Trinajstić information content (AvgIpc) is 3.22. The minimum Gasteiger partial charge on any atom is -0.396 e. The third-order valence-electron chi connectivity index (χ3n) is 5.01. The maximum Gasteiger partial charge on any atom is 0.346 e. The van der Waals surface area contributed by atoms with Gasteiger partial charge in [0.05, 0.1) is 21.5 Å². The van der Waals surface area contributed by atoms with Gasteiger partial charge in [0.1, 0.15) is 12.4 Å². The summed E-state index contributed by atoms with van der Waals surface area (Å²) in [4.78, 5) is 26.4. The molecule has 0 fully saturated rings. The number of rotatable bonds is 9. The summed E-state index contributed by atoms with van der Waals surface area (Å²) in [6.07, 6.45) is -0.161. The summed E-state index contributed by atoms with van der Waals surface area (Å²) in [6, 6.07) is 4.44. The number of nitrogens with zero attached hydrogens (tertiary/aromatic N) is 3. The van der Waals surface area contributed by atoms with E-state index in [9.17, 15) is 19.1 Å². The van der Waals surface area contributed by atoms with Crippen molar-refractivity contribution in [2.75, 3.05) is 6.61 Å². The van der Waals surface area contributed by atoms with Gasteiger partial charge < -0.3 is 5.11 Å². The van der Waals surface area contributed by atoms with Crippen LogP contribution in [0.4, 0.5) is 4.39 Å². The number of halogens is 3. The molecule has 172 valence electrons. The molecule has 2 aromatic heterocycles. The van der Waals surface area contributed by atoms with Gasteiger partial charge in [-0.1, -0.05) is 49.2 Å². The summed E-state index contributed by atoms with van der Waals surface area (Å²) < 4.78 is 17.0. The molecule has 0 saturated heterocycles. The quantitative estimate of drug-likeness (QED) is 0.453. The first-order chi connectivity index (χ1) is 15.1. The zero-order valence-electron chi connectivity index (χ0n) is 17.9. The van der Waals surface area contributed by atoms with Crippen molar-refractivity contribution >= 4 is 40.3 Å². The summed E-state index contributed by atoms with van der Waals surface area (Å²) in [6.45, 7) is 5.52. The van der Waals surface area contributed by atoms with E-state index in [1.165, 1.54) is 28.0 Å². The summed E-state index contributed by atoms with van der Waals surface area (Å²) >= 11 is 13.6. The highest BCUT2D eigenvalue weighted by Gasteiger charge is 2.24. The van der Waals surface area contributed by atoms with Crippen LogP contribution in [0.2, 0.25) is 10.0 Å². The topological polar surface area (TPSA) is 77.1 Å². The first-order valence-corrected chi connectivity index (χ1v) is 11.8. The second-order valence-electron chi connectivity index (χ2n) is 8.10. The number of benzene rings is 1. The number of carbonyl (C=O) groups is 1. The number of thiophene rings is 1. The molecule has 0 aliphatic carbocycles. The van der Waals surface area contributed by atoms with E-state index in [0.29, 0.717) is 22.3 Å². The molecule has 0 spiro atoms. The predicted octanol–water partition coefficient (Wildman–Crippen LogP) is 4.92. The van der Waals surface area contributed by atoms with E-state index in [4.69, 9.17) is 23.2 Å². The molecule has 0 saturated carbocycles. The van der Waals surface area contributed by atoms with Crippen LogP contribution in [0, 0.1) is 18.7 Å². The number of aromatic nitrogens is 3. The van der Waals surface area contributed by atoms with Crippen molar-refractivity contribution in [2.45, 2.75) is 46.2 Å². The number of aliphatic hydroxyl groups excluding tert-OH is 1. The van der Waals surface area contributed by atoms with Crippen LogP contribution in [0.15, 0.2) is 28.4 Å². The molecule has 0 radical (unpaired) electrons. The molecule has 3 rings (SSSR count). The molecule has 1 N–H and O–H groups in total. The monoisotopic (exact) mass is 499 g/mol. The van der Waals surface area contributed by atoms with E-state index in [1.54, 1.807) is 6.07 Å². The molecule has 32 heavy (non-hydrogen) atoms. The number of aryl methyl sites for hydroxylation is 1. The molecule has 1 aromatic carbocycles. The van der Waals surface area contributed by atoms with Crippen molar-refractivity contribution in [1.29, 1.82) is 0 Å². The van der Waals surface area contributed by atoms with Gasteiger partial charge >= 0.3 is 5.69 Å². The van der Waals surface area contributed by atoms with Gasteiger partial charge in [-0.3, -0.25) is 9.36 Å². The zero-order valence-corrected chi connectivity index (χ0v) is 20.3. The number of ketones is 1. The number of carbonyl (C=O) groups excluding carboxylic acids is 1. The average molecular weight is 500 g/mol. The van der Waals surface area contributed by atoms with Crippen molar-refractivity contribution < 1.29 is 14.3 Å². The van der Waals surface area contributed by atoms with Crippen LogP contribution in [-0.2, 0) is 17.9 Å². The van der Waals surface area contributed by atoms with Gasteiger partial charge in [0.15, 0.2) is 11.6 Å². The Bertz CT molecular complexity index is 1190. The smallest absolute Gasteiger partial charge is 0.346 e. The van der Waals surface area contributed by atoms with Crippen LogP contribution < -0.4 is 5.69 Å². The van der Waals surface area contributed by atoms with E-state index in [2.05, 4.69) is 5.10 Å². The van der Waals surface area contributed by atoms with Crippen LogP contribution in [-0.4, -0.2) is 31.8 Å². The molecule has 2 heterocycles. The highest BCUT2D eigenvalue weighted by atomic mass is 35.5. The van der Waals surface area contributed by atoms with Gasteiger partial charge in [-0.05, 0) is 35.4 Å². The van der Waals surface area contributed by atoms with Crippen LogP contribution in [0.1, 0.15) is 37.3 Å². The Morgan fingerprint density at radius 1 is 1.31 bits per heavy atom. The van der Waals surface area contributed by atoms with Crippen LogP contribution in [0.3, 0.4) is 0 Å². The third kappa shape index (κ3) is 5.14. The SMILES string of the molecule is Cc1csc(-c2nn(CC(=O)CC(CO)c3cccc(Cl)c3F)c(=O)n2CC(C)C)c1Cl. The molecular weight excluding hydrogens is 476 g/mol. The van der Waals surface area contributed by atoms with Crippen molar-refractivity contribution in [3.63, 3.8) is 0 Å². The van der Waals surface area contributed by atoms with Gasteiger partial charge in [-0.2, -0.15) is 0 Å². The van der Waals surface area contributed by atoms with E-state index < -0.39 is 24.0 Å². The minimum absolute atomic E-state index is 0.0789. The van der Waals surface area contributed by atoms with E-state index >= 15 is 0 Å². The summed E-state index contributed by atoms with van der Waals surface area (Å²) in [5, 5.41) is 16.5. The lowest BCUT2D eigenvalue weighted by molar-refractivity contribution is -0.120. The van der Waals surface area contributed by atoms with Crippen molar-refractivity contribution in [3.8, 4) is 10.7 Å². The molecule has 6 nitrogen and oxygen atoms in total. The predicted molar refractivity (Wildman–Crippen MR) is 125 cm³/mol. The molecule has 1 atom stereocenters. The van der Waals surface area contributed by atoms with Crippen LogP contribution in [0.25, 0.3) is 10.7 Å². The largest absolute Gasteiger partial charge is 0.396 e. The van der Waals surface area contributed by atoms with E-state index in [0.717, 1.165) is 10.2 Å². The summed E-state index contributed by atoms with van der Waals surface area (Å²) in [5.41, 5.74) is 0.626. The number of aliphatic hydroxyl groups is 1. The number of Topliss-reactive ketones (excluding diaryl/α,β-unsaturated/α-hetero) is 1. The molecule has 1 unspecified atom stereocenters. The molecular formula is C22H24Cl2FN3O3S. The van der Waals surface area contributed by atoms with Gasteiger partial charge in [-0.15, -0.1) is 16.4 Å². The van der Waals surface area contributed by atoms with Gasteiger partial charge in [-0.25, -0.2) is 13.9 Å². The molecule has 0 aliphatic rings. The van der Waals surface area contributed by atoms with E-state index in [1.807, 2.05) is 26.2 Å². The lowest BCUT2D eigenvalue weighted by atomic mass is 9.94. The maximum atomic E-state index is 14.3. The second kappa shape index (κ2) is 10.3. The molecule has 10 heteroatoms. The molecule has 0 bridgehead atoms.